The topological polar surface area (TPSA) is 70.2 Å². The Morgan fingerprint density at radius 2 is 1.62 bits per heavy atom. The molecule has 24 heavy (non-hydrogen) atoms. The lowest BCUT2D eigenvalue weighted by atomic mass is 10.1. The highest BCUT2D eigenvalue weighted by Crippen LogP contribution is 2.17. The minimum atomic E-state index is -0.257. The lowest BCUT2D eigenvalue weighted by Crippen LogP contribution is -2.34. The van der Waals surface area contributed by atoms with Gasteiger partial charge in [-0.15, -0.1) is 0 Å². The summed E-state index contributed by atoms with van der Waals surface area (Å²) in [7, 11) is 0. The summed E-state index contributed by atoms with van der Waals surface area (Å²) in [4.78, 5) is 24.0. The lowest BCUT2D eigenvalue weighted by Gasteiger charge is -2.13. The number of thiocarbonyl (C=S) groups is 1. The van der Waals surface area contributed by atoms with Crippen molar-refractivity contribution in [1.29, 1.82) is 0 Å². The van der Waals surface area contributed by atoms with Gasteiger partial charge in [0, 0.05) is 12.1 Å². The molecule has 5 nitrogen and oxygen atoms in total. The Morgan fingerprint density at radius 1 is 0.958 bits per heavy atom. The zero-order chi connectivity index (χ0) is 17.4. The van der Waals surface area contributed by atoms with Gasteiger partial charge in [0.15, 0.2) is 5.11 Å². The number of benzene rings is 2. The SMILES string of the molecule is CCCC(=O)NC(=S)Nc1ccccc1C(=O)Nc1ccccc1. The molecule has 124 valence electrons. The van der Waals surface area contributed by atoms with E-state index >= 15 is 0 Å². The minimum Gasteiger partial charge on any atom is -0.332 e. The Morgan fingerprint density at radius 3 is 2.33 bits per heavy atom. The molecular formula is C18H19N3O2S. The molecule has 0 saturated carbocycles. The standard InChI is InChI=1S/C18H19N3O2S/c1-2-8-16(22)21-18(24)20-15-12-7-6-11-14(15)17(23)19-13-9-4-3-5-10-13/h3-7,9-12H,2,8H2,1H3,(H,19,23)(H2,20,21,22,24). The Balaban J connectivity index is 2.08. The van der Waals surface area contributed by atoms with E-state index in [1.54, 1.807) is 24.3 Å². The number of rotatable bonds is 5. The van der Waals surface area contributed by atoms with Gasteiger partial charge in [-0.05, 0) is 42.9 Å². The molecule has 0 atom stereocenters. The molecule has 0 spiro atoms. The average molecular weight is 341 g/mol. The van der Waals surface area contributed by atoms with E-state index in [2.05, 4.69) is 16.0 Å². The van der Waals surface area contributed by atoms with Gasteiger partial charge < -0.3 is 16.0 Å². The van der Waals surface area contributed by atoms with Crippen LogP contribution < -0.4 is 16.0 Å². The van der Waals surface area contributed by atoms with Crippen molar-refractivity contribution < 1.29 is 9.59 Å². The molecule has 0 unspecified atom stereocenters. The van der Waals surface area contributed by atoms with Crippen molar-refractivity contribution in [2.75, 3.05) is 10.6 Å². The highest BCUT2D eigenvalue weighted by molar-refractivity contribution is 7.80. The molecule has 0 saturated heterocycles. The summed E-state index contributed by atoms with van der Waals surface area (Å²) in [6, 6.07) is 16.2. The van der Waals surface area contributed by atoms with E-state index in [1.807, 2.05) is 37.3 Å². The fourth-order valence-electron chi connectivity index (χ4n) is 2.08. The maximum absolute atomic E-state index is 12.5. The molecule has 0 aliphatic carbocycles. The van der Waals surface area contributed by atoms with E-state index in [0.717, 1.165) is 6.42 Å². The normalized spacial score (nSPS) is 9.88. The first-order valence-corrected chi connectivity index (χ1v) is 8.07. The van der Waals surface area contributed by atoms with E-state index < -0.39 is 0 Å². The molecular weight excluding hydrogens is 322 g/mol. The Bertz CT molecular complexity index is 732. The second-order valence-corrected chi connectivity index (χ2v) is 5.53. The van der Waals surface area contributed by atoms with Gasteiger partial charge >= 0.3 is 0 Å². The van der Waals surface area contributed by atoms with Crippen LogP contribution in [0.15, 0.2) is 54.6 Å². The molecule has 6 heteroatoms. The lowest BCUT2D eigenvalue weighted by molar-refractivity contribution is -0.119. The van der Waals surface area contributed by atoms with E-state index in [1.165, 1.54) is 0 Å². The van der Waals surface area contributed by atoms with Gasteiger partial charge in [-0.1, -0.05) is 37.3 Å². The molecule has 0 aromatic heterocycles. The Hall–Kier alpha value is -2.73. The van der Waals surface area contributed by atoms with Gasteiger partial charge in [-0.25, -0.2) is 0 Å². The maximum atomic E-state index is 12.5. The van der Waals surface area contributed by atoms with Crippen molar-refractivity contribution in [3.05, 3.63) is 60.2 Å². The summed E-state index contributed by atoms with van der Waals surface area (Å²) in [5.41, 5.74) is 1.68. The third-order valence-electron chi connectivity index (χ3n) is 3.18. The molecule has 2 rings (SSSR count). The number of amides is 2. The van der Waals surface area contributed by atoms with Gasteiger partial charge in [0.1, 0.15) is 0 Å². The first kappa shape index (κ1) is 17.6. The van der Waals surface area contributed by atoms with Crippen molar-refractivity contribution in [2.24, 2.45) is 0 Å². The highest BCUT2D eigenvalue weighted by atomic mass is 32.1. The summed E-state index contributed by atoms with van der Waals surface area (Å²) in [5.74, 6) is -0.409. The number of hydrogen-bond donors (Lipinski definition) is 3. The number of anilines is 2. The molecule has 2 aromatic rings. The number of carbonyl (C=O) groups is 2. The maximum Gasteiger partial charge on any atom is 0.257 e. The van der Waals surface area contributed by atoms with Gasteiger partial charge in [0.25, 0.3) is 5.91 Å². The van der Waals surface area contributed by atoms with Crippen LogP contribution in [0.1, 0.15) is 30.1 Å². The van der Waals surface area contributed by atoms with Crippen molar-refractivity contribution in [2.45, 2.75) is 19.8 Å². The van der Waals surface area contributed by atoms with Crippen LogP contribution in [0.2, 0.25) is 0 Å². The fourth-order valence-corrected chi connectivity index (χ4v) is 2.30. The monoisotopic (exact) mass is 341 g/mol. The molecule has 0 aliphatic rings. The van der Waals surface area contributed by atoms with Crippen LogP contribution in [0.4, 0.5) is 11.4 Å². The molecule has 0 fully saturated rings. The predicted molar refractivity (Wildman–Crippen MR) is 100 cm³/mol. The zero-order valence-electron chi connectivity index (χ0n) is 13.3. The molecule has 0 radical (unpaired) electrons. The third kappa shape index (κ3) is 5.17. The van der Waals surface area contributed by atoms with Crippen LogP contribution in [-0.4, -0.2) is 16.9 Å². The Labute approximate surface area is 146 Å². The van der Waals surface area contributed by atoms with Gasteiger partial charge in [-0.2, -0.15) is 0 Å². The number of carbonyl (C=O) groups excluding carboxylic acids is 2. The molecule has 0 heterocycles. The van der Waals surface area contributed by atoms with Gasteiger partial charge in [0.2, 0.25) is 5.91 Å². The van der Waals surface area contributed by atoms with E-state index in [9.17, 15) is 9.59 Å². The molecule has 2 amide bonds. The quantitative estimate of drug-likeness (QED) is 0.728. The van der Waals surface area contributed by atoms with Crippen LogP contribution in [0.5, 0.6) is 0 Å². The minimum absolute atomic E-state index is 0.152. The summed E-state index contributed by atoms with van der Waals surface area (Å²) in [5, 5.41) is 8.50. The summed E-state index contributed by atoms with van der Waals surface area (Å²) in [6.07, 6.45) is 1.14. The summed E-state index contributed by atoms with van der Waals surface area (Å²) >= 11 is 5.13. The van der Waals surface area contributed by atoms with Crippen LogP contribution in [-0.2, 0) is 4.79 Å². The molecule has 3 N–H and O–H groups in total. The number of nitrogens with one attached hydrogen (secondary N) is 3. The van der Waals surface area contributed by atoms with Crippen molar-refractivity contribution in [3.63, 3.8) is 0 Å². The summed E-state index contributed by atoms with van der Waals surface area (Å²) in [6.45, 7) is 1.92. The first-order valence-electron chi connectivity index (χ1n) is 7.66. The molecule has 0 aliphatic heterocycles. The summed E-state index contributed by atoms with van der Waals surface area (Å²) < 4.78 is 0. The van der Waals surface area contributed by atoms with Crippen LogP contribution in [0.3, 0.4) is 0 Å². The van der Waals surface area contributed by atoms with Crippen LogP contribution in [0.25, 0.3) is 0 Å². The fraction of sp³-hybridized carbons (Fsp3) is 0.167. The van der Waals surface area contributed by atoms with E-state index in [0.29, 0.717) is 23.4 Å². The first-order chi connectivity index (χ1) is 11.6. The largest absolute Gasteiger partial charge is 0.332 e. The second-order valence-electron chi connectivity index (χ2n) is 5.12. The van der Waals surface area contributed by atoms with E-state index in [-0.39, 0.29) is 16.9 Å². The Kier molecular flexibility index (Phi) is 6.45. The smallest absolute Gasteiger partial charge is 0.257 e. The second kappa shape index (κ2) is 8.79. The third-order valence-corrected chi connectivity index (χ3v) is 3.39. The van der Waals surface area contributed by atoms with Crippen LogP contribution in [0, 0.1) is 0 Å². The molecule has 0 bridgehead atoms. The van der Waals surface area contributed by atoms with Crippen LogP contribution >= 0.6 is 12.2 Å². The van der Waals surface area contributed by atoms with Gasteiger partial charge in [0.05, 0.1) is 11.3 Å². The average Bonchev–Trinajstić information content (AvgIpc) is 2.56. The number of hydrogen-bond acceptors (Lipinski definition) is 3. The zero-order valence-corrected chi connectivity index (χ0v) is 14.2. The number of para-hydroxylation sites is 2. The van der Waals surface area contributed by atoms with Crippen molar-refractivity contribution >= 4 is 40.5 Å². The van der Waals surface area contributed by atoms with Crippen molar-refractivity contribution in [1.82, 2.24) is 5.32 Å². The highest BCUT2D eigenvalue weighted by Gasteiger charge is 2.13. The van der Waals surface area contributed by atoms with Gasteiger partial charge in [-0.3, -0.25) is 9.59 Å². The van der Waals surface area contributed by atoms with Crippen molar-refractivity contribution in [3.8, 4) is 0 Å². The van der Waals surface area contributed by atoms with E-state index in [4.69, 9.17) is 12.2 Å². The predicted octanol–water partition coefficient (Wildman–Crippen LogP) is 3.55. The molecule has 2 aromatic carbocycles.